The van der Waals surface area contributed by atoms with Crippen molar-refractivity contribution in [2.75, 3.05) is 5.75 Å². The van der Waals surface area contributed by atoms with E-state index in [1.54, 1.807) is 13.0 Å². The zero-order valence-corrected chi connectivity index (χ0v) is 20.5. The van der Waals surface area contributed by atoms with Gasteiger partial charge in [-0.3, -0.25) is 9.59 Å². The third-order valence-electron chi connectivity index (χ3n) is 6.05. The highest BCUT2D eigenvalue weighted by atomic mass is 32.2. The second kappa shape index (κ2) is 9.30. The Hall–Kier alpha value is -4.72. The molecule has 3 heterocycles. The van der Waals surface area contributed by atoms with Gasteiger partial charge < -0.3 is 15.7 Å². The molecule has 0 spiro atoms. The van der Waals surface area contributed by atoms with Gasteiger partial charge >= 0.3 is 5.97 Å². The largest absolute Gasteiger partial charge is 0.478 e. The van der Waals surface area contributed by atoms with E-state index < -0.39 is 39.4 Å². The summed E-state index contributed by atoms with van der Waals surface area (Å²) in [6, 6.07) is 8.32. The van der Waals surface area contributed by atoms with E-state index in [2.05, 4.69) is 25.7 Å². The van der Waals surface area contributed by atoms with Crippen molar-refractivity contribution in [3.05, 3.63) is 88.3 Å². The number of hydrogen-bond donors (Lipinski definition) is 3. The monoisotopic (exact) mass is 538 g/mol. The molecule has 0 aliphatic carbocycles. The Bertz CT molecular complexity index is 1750. The van der Waals surface area contributed by atoms with E-state index in [4.69, 9.17) is 0 Å². The summed E-state index contributed by atoms with van der Waals surface area (Å²) in [4.78, 5) is 45.2. The molecule has 14 heteroatoms. The summed E-state index contributed by atoms with van der Waals surface area (Å²) < 4.78 is 39.9. The molecule has 1 aliphatic rings. The number of amides is 2. The van der Waals surface area contributed by atoms with Crippen LogP contribution in [0, 0.1) is 12.7 Å². The topological polar surface area (TPSA) is 173 Å². The smallest absolute Gasteiger partial charge is 0.335 e. The van der Waals surface area contributed by atoms with Gasteiger partial charge in [0.25, 0.3) is 17.6 Å². The van der Waals surface area contributed by atoms with Crippen molar-refractivity contribution in [3.63, 3.8) is 0 Å². The van der Waals surface area contributed by atoms with Gasteiger partial charge in [-0.05, 0) is 41.8 Å². The maximum atomic E-state index is 13.5. The molecular weight excluding hydrogens is 519 g/mol. The number of nitrogens with one attached hydrogen (secondary N) is 2. The fraction of sp³-hybridized carbons (Fsp3) is 0.167. The molecule has 3 N–H and O–H groups in total. The number of aryl methyl sites for hydroxylation is 1. The number of aromatic carboxylic acids is 1. The van der Waals surface area contributed by atoms with Crippen molar-refractivity contribution in [2.24, 2.45) is 0 Å². The van der Waals surface area contributed by atoms with E-state index in [0.29, 0.717) is 11.1 Å². The highest BCUT2D eigenvalue weighted by Crippen LogP contribution is 2.34. The maximum Gasteiger partial charge on any atom is 0.335 e. The summed E-state index contributed by atoms with van der Waals surface area (Å²) in [5.74, 6) is -3.52. The van der Waals surface area contributed by atoms with Crippen LogP contribution in [0.2, 0.25) is 0 Å². The lowest BCUT2D eigenvalue weighted by Gasteiger charge is -2.14. The first kappa shape index (κ1) is 25.0. The molecule has 2 aromatic carbocycles. The van der Waals surface area contributed by atoms with Crippen LogP contribution < -0.4 is 10.6 Å². The SMILES string of the molecule is Cc1cc(CNC(=O)c2cc(C(=O)NC3CS(=O)(=O)c4cc(C(=O)O)ccc43)n3ncnc3n2)ccc1F. The Labute approximate surface area is 214 Å². The van der Waals surface area contributed by atoms with Crippen LogP contribution in [0.3, 0.4) is 0 Å². The molecule has 1 atom stereocenters. The summed E-state index contributed by atoms with van der Waals surface area (Å²) in [6.07, 6.45) is 1.14. The van der Waals surface area contributed by atoms with Gasteiger partial charge in [0, 0.05) is 12.6 Å². The molecule has 194 valence electrons. The number of carbonyl (C=O) groups is 3. The van der Waals surface area contributed by atoms with Gasteiger partial charge in [-0.15, -0.1) is 0 Å². The summed E-state index contributed by atoms with van der Waals surface area (Å²) in [7, 11) is -3.84. The van der Waals surface area contributed by atoms with Crippen LogP contribution >= 0.6 is 0 Å². The zero-order valence-electron chi connectivity index (χ0n) is 19.7. The van der Waals surface area contributed by atoms with Gasteiger partial charge in [-0.1, -0.05) is 18.2 Å². The highest BCUT2D eigenvalue weighted by Gasteiger charge is 2.37. The van der Waals surface area contributed by atoms with E-state index in [9.17, 15) is 32.3 Å². The Morgan fingerprint density at radius 3 is 2.66 bits per heavy atom. The van der Waals surface area contributed by atoms with Crippen LogP contribution in [-0.2, 0) is 16.4 Å². The number of halogens is 1. The molecule has 4 aromatic rings. The molecule has 1 aliphatic heterocycles. The number of carboxylic acid groups (broad SMARTS) is 1. The first-order valence-corrected chi connectivity index (χ1v) is 12.8. The van der Waals surface area contributed by atoms with Crippen LogP contribution in [0.4, 0.5) is 4.39 Å². The van der Waals surface area contributed by atoms with Crippen molar-refractivity contribution in [1.29, 1.82) is 0 Å². The Kier molecular flexibility index (Phi) is 6.11. The maximum absolute atomic E-state index is 13.5. The van der Waals surface area contributed by atoms with E-state index in [0.717, 1.165) is 16.9 Å². The van der Waals surface area contributed by atoms with Crippen LogP contribution in [0.5, 0.6) is 0 Å². The minimum Gasteiger partial charge on any atom is -0.478 e. The summed E-state index contributed by atoms with van der Waals surface area (Å²) in [5.41, 5.74) is 0.881. The summed E-state index contributed by atoms with van der Waals surface area (Å²) >= 11 is 0. The third-order valence-corrected chi connectivity index (χ3v) is 7.85. The lowest BCUT2D eigenvalue weighted by Crippen LogP contribution is -2.32. The molecule has 0 saturated carbocycles. The molecular formula is C24H19FN6O6S. The molecule has 0 fully saturated rings. The van der Waals surface area contributed by atoms with Gasteiger partial charge in [-0.25, -0.2) is 22.6 Å². The van der Waals surface area contributed by atoms with Crippen LogP contribution in [0.1, 0.15) is 54.1 Å². The number of aromatic nitrogens is 4. The van der Waals surface area contributed by atoms with Gasteiger partial charge in [0.1, 0.15) is 23.5 Å². The highest BCUT2D eigenvalue weighted by molar-refractivity contribution is 7.91. The van der Waals surface area contributed by atoms with E-state index in [1.165, 1.54) is 30.3 Å². The number of hydrogen-bond acceptors (Lipinski definition) is 8. The Morgan fingerprint density at radius 2 is 1.92 bits per heavy atom. The van der Waals surface area contributed by atoms with Gasteiger partial charge in [0.15, 0.2) is 9.84 Å². The molecule has 0 radical (unpaired) electrons. The molecule has 1 unspecified atom stereocenters. The van der Waals surface area contributed by atoms with Crippen LogP contribution in [0.25, 0.3) is 5.78 Å². The Balaban J connectivity index is 1.40. The zero-order chi connectivity index (χ0) is 27.2. The minimum atomic E-state index is -3.84. The van der Waals surface area contributed by atoms with E-state index in [1.807, 2.05) is 0 Å². The fourth-order valence-corrected chi connectivity index (χ4v) is 5.91. The van der Waals surface area contributed by atoms with Crippen molar-refractivity contribution in [3.8, 4) is 0 Å². The second-order valence-electron chi connectivity index (χ2n) is 8.63. The van der Waals surface area contributed by atoms with Crippen LogP contribution in [0.15, 0.2) is 53.7 Å². The van der Waals surface area contributed by atoms with Crippen molar-refractivity contribution >= 4 is 33.4 Å². The van der Waals surface area contributed by atoms with Gasteiger partial charge in [-0.2, -0.15) is 14.6 Å². The molecule has 2 aromatic heterocycles. The van der Waals surface area contributed by atoms with Gasteiger partial charge in [0.05, 0.1) is 22.3 Å². The molecule has 0 bridgehead atoms. The number of carbonyl (C=O) groups excluding carboxylic acids is 2. The van der Waals surface area contributed by atoms with Crippen molar-refractivity contribution < 1.29 is 32.3 Å². The van der Waals surface area contributed by atoms with Crippen LogP contribution in [-0.4, -0.2) is 56.6 Å². The minimum absolute atomic E-state index is 0.0361. The number of carboxylic acids is 1. The standard InChI is InChI=1S/C24H19FN6O6S/c1-12-6-13(2-5-16(12)25)9-26-21(32)17-8-19(31-24(30-17)27-11-28-31)22(33)29-18-10-38(36,37)20-7-14(23(34)35)3-4-15(18)20/h2-8,11,18H,9-10H2,1H3,(H,26,32)(H,29,33)(H,34,35). The average molecular weight is 539 g/mol. The molecule has 2 amide bonds. The molecule has 38 heavy (non-hydrogen) atoms. The van der Waals surface area contributed by atoms with E-state index >= 15 is 0 Å². The lowest BCUT2D eigenvalue weighted by atomic mass is 10.1. The average Bonchev–Trinajstić information content (AvgIpc) is 3.45. The number of nitrogens with zero attached hydrogens (tertiary/aromatic N) is 4. The molecule has 5 rings (SSSR count). The molecule has 0 saturated heterocycles. The number of rotatable bonds is 6. The quantitative estimate of drug-likeness (QED) is 0.328. The first-order valence-electron chi connectivity index (χ1n) is 11.2. The predicted molar refractivity (Wildman–Crippen MR) is 129 cm³/mol. The summed E-state index contributed by atoms with van der Waals surface area (Å²) in [6.45, 7) is 1.68. The summed E-state index contributed by atoms with van der Waals surface area (Å²) in [5, 5.41) is 18.4. The third kappa shape index (κ3) is 4.56. The van der Waals surface area contributed by atoms with Crippen molar-refractivity contribution in [1.82, 2.24) is 30.2 Å². The van der Waals surface area contributed by atoms with E-state index in [-0.39, 0.29) is 45.5 Å². The predicted octanol–water partition coefficient (Wildman–Crippen LogP) is 1.46. The molecule has 12 nitrogen and oxygen atoms in total. The van der Waals surface area contributed by atoms with Gasteiger partial charge in [0.2, 0.25) is 0 Å². The first-order chi connectivity index (χ1) is 18.0. The number of sulfone groups is 1. The fourth-order valence-electron chi connectivity index (χ4n) is 4.16. The normalized spacial score (nSPS) is 15.7. The Morgan fingerprint density at radius 1 is 1.13 bits per heavy atom. The lowest BCUT2D eigenvalue weighted by molar-refractivity contribution is 0.0695. The number of benzene rings is 2. The number of fused-ring (bicyclic) bond motifs is 2. The second-order valence-corrected chi connectivity index (χ2v) is 10.6. The van der Waals surface area contributed by atoms with Crippen molar-refractivity contribution in [2.45, 2.75) is 24.4 Å².